The van der Waals surface area contributed by atoms with E-state index in [2.05, 4.69) is 9.27 Å². The number of anilines is 2. The molecule has 0 aliphatic carbocycles. The van der Waals surface area contributed by atoms with Crippen LogP contribution in [0.3, 0.4) is 0 Å². The first-order valence-corrected chi connectivity index (χ1v) is 6.76. The van der Waals surface area contributed by atoms with Crippen molar-refractivity contribution in [2.75, 3.05) is 23.7 Å². The molecule has 19 heavy (non-hydrogen) atoms. The maximum absolute atomic E-state index is 10.7. The molecule has 10 heteroatoms. The van der Waals surface area contributed by atoms with Crippen molar-refractivity contribution in [1.82, 2.24) is 4.98 Å². The Balaban J connectivity index is 0.00000324. The second-order valence-electron chi connectivity index (χ2n) is 3.56. The summed E-state index contributed by atoms with van der Waals surface area (Å²) in [6.07, 6.45) is 0. The smallest absolute Gasteiger partial charge is 0.476 e. The van der Waals surface area contributed by atoms with E-state index in [9.17, 15) is 8.42 Å². The maximum atomic E-state index is 10.7. The number of aromatic nitrogens is 2. The van der Waals surface area contributed by atoms with Crippen LogP contribution in [0, 0.1) is 6.92 Å². The Bertz CT molecular complexity index is 506. The SMILES string of the molecule is CCN(CC)c1cc(N)[n+](OS(=O)(=O)O)c(C)n1.[OH-]. The van der Waals surface area contributed by atoms with E-state index in [1.165, 1.54) is 13.0 Å². The molecule has 1 heterocycles. The third-order valence-electron chi connectivity index (χ3n) is 2.34. The number of hydrogen-bond donors (Lipinski definition) is 2. The normalized spacial score (nSPS) is 10.7. The molecule has 1 aromatic heterocycles. The van der Waals surface area contributed by atoms with Crippen LogP contribution < -0.4 is 19.6 Å². The first-order chi connectivity index (χ1) is 8.28. The van der Waals surface area contributed by atoms with Crippen molar-refractivity contribution in [3.8, 4) is 0 Å². The van der Waals surface area contributed by atoms with Gasteiger partial charge in [-0.15, -0.1) is 0 Å². The molecule has 1 rings (SSSR count). The molecule has 4 N–H and O–H groups in total. The van der Waals surface area contributed by atoms with E-state index in [1.54, 1.807) is 0 Å². The van der Waals surface area contributed by atoms with Crippen molar-refractivity contribution < 1.29 is 27.5 Å². The summed E-state index contributed by atoms with van der Waals surface area (Å²) in [5.41, 5.74) is 5.67. The van der Waals surface area contributed by atoms with Crippen LogP contribution in [0.15, 0.2) is 6.07 Å². The van der Waals surface area contributed by atoms with Gasteiger partial charge in [-0.1, -0.05) is 4.98 Å². The summed E-state index contributed by atoms with van der Waals surface area (Å²) in [5, 5.41) is 0. The van der Waals surface area contributed by atoms with Gasteiger partial charge in [-0.2, -0.15) is 8.42 Å². The molecule has 0 spiro atoms. The highest BCUT2D eigenvalue weighted by molar-refractivity contribution is 7.80. The topological polar surface area (TPSA) is 140 Å². The lowest BCUT2D eigenvalue weighted by molar-refractivity contribution is -0.852. The van der Waals surface area contributed by atoms with Gasteiger partial charge in [0.05, 0.1) is 6.07 Å². The van der Waals surface area contributed by atoms with Crippen molar-refractivity contribution in [3.63, 3.8) is 0 Å². The quantitative estimate of drug-likeness (QED) is 0.529. The third-order valence-corrected chi connectivity index (χ3v) is 2.68. The predicted molar refractivity (Wildman–Crippen MR) is 67.2 cm³/mol. The van der Waals surface area contributed by atoms with E-state index < -0.39 is 10.4 Å². The van der Waals surface area contributed by atoms with Gasteiger partial charge in [0.25, 0.3) is 11.6 Å². The van der Waals surface area contributed by atoms with E-state index in [1.807, 2.05) is 18.7 Å². The zero-order valence-electron chi connectivity index (χ0n) is 10.9. The summed E-state index contributed by atoms with van der Waals surface area (Å²) < 4.78 is 35.0. The average molecular weight is 294 g/mol. The molecular formula is C9H18N4O5S. The van der Waals surface area contributed by atoms with Gasteiger partial charge in [-0.25, -0.2) is 4.28 Å². The highest BCUT2D eigenvalue weighted by Crippen LogP contribution is 2.12. The second kappa shape index (κ2) is 6.50. The second-order valence-corrected chi connectivity index (χ2v) is 4.56. The third kappa shape index (κ3) is 4.50. The first-order valence-electron chi connectivity index (χ1n) is 5.40. The molecule has 1 aromatic rings. The highest BCUT2D eigenvalue weighted by atomic mass is 32.3. The van der Waals surface area contributed by atoms with Gasteiger partial charge in [-0.3, -0.25) is 4.55 Å². The van der Waals surface area contributed by atoms with Crippen LogP contribution in [0.5, 0.6) is 0 Å². The van der Waals surface area contributed by atoms with Gasteiger partial charge in [-0.05, 0) is 18.6 Å². The van der Waals surface area contributed by atoms with E-state index in [4.69, 9.17) is 10.3 Å². The standard InChI is InChI=1S/C9H16N4O4S.H2O/c1-4-12(5-2)9-6-8(10)13(7(3)11-9)17-18(14,15)16;/h6,10H,4-5H2,1-3H3,(H,14,15,16);1H2. The molecular weight excluding hydrogens is 276 g/mol. The van der Waals surface area contributed by atoms with Crippen molar-refractivity contribution >= 4 is 22.0 Å². The van der Waals surface area contributed by atoms with Crippen LogP contribution >= 0.6 is 0 Å². The summed E-state index contributed by atoms with van der Waals surface area (Å²) in [5.74, 6) is 0.863. The molecule has 9 nitrogen and oxygen atoms in total. The fourth-order valence-electron chi connectivity index (χ4n) is 1.52. The van der Waals surface area contributed by atoms with E-state index in [-0.39, 0.29) is 17.1 Å². The zero-order chi connectivity index (χ0) is 13.9. The van der Waals surface area contributed by atoms with Crippen LogP contribution in [0.1, 0.15) is 19.7 Å². The van der Waals surface area contributed by atoms with Crippen LogP contribution in [0.2, 0.25) is 0 Å². The minimum absolute atomic E-state index is 0. The van der Waals surface area contributed by atoms with Crippen molar-refractivity contribution in [3.05, 3.63) is 11.9 Å². The minimum atomic E-state index is -4.64. The Hall–Kier alpha value is -1.65. The van der Waals surface area contributed by atoms with Gasteiger partial charge in [0, 0.05) is 20.0 Å². The molecule has 0 unspecified atom stereocenters. The van der Waals surface area contributed by atoms with Crippen LogP contribution in [0.25, 0.3) is 0 Å². The Labute approximate surface area is 111 Å². The van der Waals surface area contributed by atoms with Gasteiger partial charge in [0.2, 0.25) is 5.82 Å². The molecule has 0 aromatic carbocycles. The lowest BCUT2D eigenvalue weighted by atomic mass is 10.4. The molecule has 0 fully saturated rings. The maximum Gasteiger partial charge on any atom is 0.476 e. The summed E-state index contributed by atoms with van der Waals surface area (Å²) in [6, 6.07) is 1.48. The van der Waals surface area contributed by atoms with Crippen LogP contribution in [-0.4, -0.2) is 36.5 Å². The first kappa shape index (κ1) is 17.4. The summed E-state index contributed by atoms with van der Waals surface area (Å²) in [6.45, 7) is 6.94. The van der Waals surface area contributed by atoms with Gasteiger partial charge >= 0.3 is 10.4 Å². The summed E-state index contributed by atoms with van der Waals surface area (Å²) in [7, 11) is -4.64. The Morgan fingerprint density at radius 3 is 2.37 bits per heavy atom. The lowest BCUT2D eigenvalue weighted by Crippen LogP contribution is -2.51. The number of hydrogen-bond acceptors (Lipinski definition) is 7. The highest BCUT2D eigenvalue weighted by Gasteiger charge is 2.21. The fraction of sp³-hybridized carbons (Fsp3) is 0.556. The average Bonchev–Trinajstić information content (AvgIpc) is 2.24. The number of rotatable bonds is 5. The Kier molecular flexibility index (Phi) is 5.93. The zero-order valence-corrected chi connectivity index (χ0v) is 11.8. The molecule has 110 valence electrons. The summed E-state index contributed by atoms with van der Waals surface area (Å²) >= 11 is 0. The molecule has 0 aliphatic heterocycles. The van der Waals surface area contributed by atoms with Crippen molar-refractivity contribution in [2.24, 2.45) is 0 Å². The van der Waals surface area contributed by atoms with Gasteiger partial charge in [0.15, 0.2) is 0 Å². The van der Waals surface area contributed by atoms with Crippen molar-refractivity contribution in [2.45, 2.75) is 20.8 Å². The number of nitrogens with two attached hydrogens (primary N) is 1. The molecule has 0 bridgehead atoms. The van der Waals surface area contributed by atoms with Gasteiger partial charge in [0.1, 0.15) is 0 Å². The fourth-order valence-corrected chi connectivity index (χ4v) is 1.90. The Morgan fingerprint density at radius 1 is 1.47 bits per heavy atom. The Morgan fingerprint density at radius 2 is 2.00 bits per heavy atom. The molecule has 0 aliphatic rings. The number of nitrogens with zero attached hydrogens (tertiary/aromatic N) is 3. The lowest BCUT2D eigenvalue weighted by Gasteiger charge is -2.17. The molecule has 0 saturated carbocycles. The van der Waals surface area contributed by atoms with E-state index >= 15 is 0 Å². The molecule has 0 amide bonds. The summed E-state index contributed by atoms with van der Waals surface area (Å²) in [4.78, 5) is 6.11. The van der Waals surface area contributed by atoms with Crippen LogP contribution in [0.4, 0.5) is 11.6 Å². The van der Waals surface area contributed by atoms with Crippen LogP contribution in [-0.2, 0) is 10.4 Å². The number of nitrogen functional groups attached to an aromatic ring is 1. The van der Waals surface area contributed by atoms with Crippen molar-refractivity contribution in [1.29, 1.82) is 0 Å². The minimum Gasteiger partial charge on any atom is -0.870 e. The molecule has 0 saturated heterocycles. The van der Waals surface area contributed by atoms with Gasteiger partial charge < -0.3 is 16.1 Å². The monoisotopic (exact) mass is 294 g/mol. The molecule has 0 atom stereocenters. The molecule has 0 radical (unpaired) electrons. The number of aryl methyl sites for hydroxylation is 1. The predicted octanol–water partition coefficient (Wildman–Crippen LogP) is -0.839. The van der Waals surface area contributed by atoms with E-state index in [0.717, 1.165) is 17.8 Å². The largest absolute Gasteiger partial charge is 0.870 e. The van der Waals surface area contributed by atoms with E-state index in [0.29, 0.717) is 5.82 Å².